The molecular formula is C25H25N3O5S2. The maximum Gasteiger partial charge on any atom is 0.256 e. The number of ether oxygens (including phenoxy) is 2. The maximum atomic E-state index is 12.9. The second-order valence-electron chi connectivity index (χ2n) is 7.90. The van der Waals surface area contributed by atoms with Crippen LogP contribution in [-0.4, -0.2) is 38.5 Å². The Morgan fingerprint density at radius 2 is 1.80 bits per heavy atom. The summed E-state index contributed by atoms with van der Waals surface area (Å²) in [5.41, 5.74) is 2.53. The Kier molecular flexibility index (Phi) is 7.12. The first-order valence-electron chi connectivity index (χ1n) is 11.1. The summed E-state index contributed by atoms with van der Waals surface area (Å²) >= 11 is 1.35. The third-order valence-corrected chi connectivity index (χ3v) is 9.12. The number of sulfonamides is 1. The Bertz CT molecular complexity index is 1400. The standard InChI is InChI=1S/C25H25N3O5S2/c1-4-28(5-2)35(30,31)19-9-7-18(8-10-19)24(29)27-25-20(14-26)16(3)23(34-25)13-17-6-11-21-22(12-17)33-15-32-21/h6-12H,4-5,13,15H2,1-3H3,(H,27,29). The zero-order valence-corrected chi connectivity index (χ0v) is 21.3. The summed E-state index contributed by atoms with van der Waals surface area (Å²) in [6.07, 6.45) is 0.579. The van der Waals surface area contributed by atoms with E-state index in [1.165, 1.54) is 39.9 Å². The average Bonchev–Trinajstić information content (AvgIpc) is 3.43. The minimum Gasteiger partial charge on any atom is -0.454 e. The normalized spacial score (nSPS) is 12.5. The van der Waals surface area contributed by atoms with E-state index < -0.39 is 15.9 Å². The van der Waals surface area contributed by atoms with Crippen molar-refractivity contribution < 1.29 is 22.7 Å². The van der Waals surface area contributed by atoms with Gasteiger partial charge in [-0.2, -0.15) is 9.57 Å². The number of hydrogen-bond donors (Lipinski definition) is 1. The van der Waals surface area contributed by atoms with Crippen LogP contribution in [0.1, 0.15) is 45.8 Å². The summed E-state index contributed by atoms with van der Waals surface area (Å²) < 4.78 is 37.5. The molecule has 182 valence electrons. The van der Waals surface area contributed by atoms with E-state index in [2.05, 4.69) is 11.4 Å². The van der Waals surface area contributed by atoms with Crippen molar-refractivity contribution >= 4 is 32.3 Å². The van der Waals surface area contributed by atoms with E-state index in [0.717, 1.165) is 16.0 Å². The molecule has 0 bridgehead atoms. The molecule has 0 saturated heterocycles. The van der Waals surface area contributed by atoms with E-state index in [-0.39, 0.29) is 11.7 Å². The molecule has 0 spiro atoms. The fourth-order valence-corrected chi connectivity index (χ4v) is 6.50. The molecule has 1 aromatic heterocycles. The van der Waals surface area contributed by atoms with Crippen molar-refractivity contribution in [2.45, 2.75) is 32.1 Å². The smallest absolute Gasteiger partial charge is 0.256 e. The lowest BCUT2D eigenvalue weighted by Gasteiger charge is -2.18. The van der Waals surface area contributed by atoms with Gasteiger partial charge >= 0.3 is 0 Å². The first-order valence-corrected chi connectivity index (χ1v) is 13.4. The number of fused-ring (bicyclic) bond motifs is 1. The summed E-state index contributed by atoms with van der Waals surface area (Å²) in [5.74, 6) is 0.986. The summed E-state index contributed by atoms with van der Waals surface area (Å²) in [6.45, 7) is 6.35. The number of nitriles is 1. The zero-order valence-electron chi connectivity index (χ0n) is 19.6. The summed E-state index contributed by atoms with van der Waals surface area (Å²) in [6, 6.07) is 13.7. The van der Waals surface area contributed by atoms with E-state index in [9.17, 15) is 18.5 Å². The third kappa shape index (κ3) is 4.89. The fourth-order valence-electron chi connectivity index (χ4n) is 3.85. The molecule has 2 aromatic carbocycles. The minimum absolute atomic E-state index is 0.133. The van der Waals surface area contributed by atoms with Crippen molar-refractivity contribution in [2.24, 2.45) is 0 Å². The predicted octanol–water partition coefficient (Wildman–Crippen LogP) is 4.53. The van der Waals surface area contributed by atoms with E-state index >= 15 is 0 Å². The Morgan fingerprint density at radius 1 is 1.11 bits per heavy atom. The van der Waals surface area contributed by atoms with E-state index in [4.69, 9.17) is 9.47 Å². The number of anilines is 1. The van der Waals surface area contributed by atoms with Crippen molar-refractivity contribution in [1.82, 2.24) is 4.31 Å². The van der Waals surface area contributed by atoms with Crippen molar-refractivity contribution in [3.8, 4) is 17.6 Å². The van der Waals surface area contributed by atoms with Crippen LogP contribution in [0.15, 0.2) is 47.4 Å². The lowest BCUT2D eigenvalue weighted by Crippen LogP contribution is -2.30. The SMILES string of the molecule is CCN(CC)S(=O)(=O)c1ccc(C(=O)Nc2sc(Cc3ccc4c(c3)OCO4)c(C)c2C#N)cc1. The molecule has 0 unspecified atom stereocenters. The minimum atomic E-state index is -3.61. The molecule has 1 aliphatic rings. The number of carbonyl (C=O) groups is 1. The number of nitrogens with zero attached hydrogens (tertiary/aromatic N) is 2. The van der Waals surface area contributed by atoms with Gasteiger partial charge in [-0.05, 0) is 54.4 Å². The molecule has 2 heterocycles. The number of nitrogens with one attached hydrogen (secondary N) is 1. The molecule has 0 radical (unpaired) electrons. The Labute approximate surface area is 208 Å². The van der Waals surface area contributed by atoms with Crippen LogP contribution in [0, 0.1) is 18.3 Å². The molecule has 3 aromatic rings. The maximum absolute atomic E-state index is 12.9. The van der Waals surface area contributed by atoms with Crippen LogP contribution in [0.3, 0.4) is 0 Å². The first kappa shape index (κ1) is 24.7. The van der Waals surface area contributed by atoms with Gasteiger partial charge in [-0.3, -0.25) is 4.79 Å². The van der Waals surface area contributed by atoms with Crippen LogP contribution in [0.25, 0.3) is 0 Å². The Balaban J connectivity index is 1.53. The molecule has 8 nitrogen and oxygen atoms in total. The highest BCUT2D eigenvalue weighted by Gasteiger charge is 2.23. The van der Waals surface area contributed by atoms with Crippen LogP contribution in [0.2, 0.25) is 0 Å². The van der Waals surface area contributed by atoms with Gasteiger partial charge in [-0.15, -0.1) is 11.3 Å². The number of carbonyl (C=O) groups excluding carboxylic acids is 1. The van der Waals surface area contributed by atoms with Gasteiger partial charge in [-0.25, -0.2) is 8.42 Å². The largest absolute Gasteiger partial charge is 0.454 e. The first-order chi connectivity index (χ1) is 16.8. The highest BCUT2D eigenvalue weighted by molar-refractivity contribution is 7.89. The highest BCUT2D eigenvalue weighted by atomic mass is 32.2. The van der Waals surface area contributed by atoms with Gasteiger partial charge in [0, 0.05) is 30.0 Å². The van der Waals surface area contributed by atoms with Crippen molar-refractivity contribution in [2.75, 3.05) is 25.2 Å². The lowest BCUT2D eigenvalue weighted by atomic mass is 10.1. The zero-order chi connectivity index (χ0) is 25.2. The number of rotatable bonds is 8. The number of amides is 1. The van der Waals surface area contributed by atoms with Gasteiger partial charge in [0.05, 0.1) is 10.5 Å². The molecule has 0 saturated carbocycles. The molecule has 10 heteroatoms. The van der Waals surface area contributed by atoms with E-state index in [1.807, 2.05) is 25.1 Å². The van der Waals surface area contributed by atoms with Crippen molar-refractivity contribution in [3.05, 3.63) is 69.6 Å². The molecule has 0 aliphatic carbocycles. The molecule has 0 atom stereocenters. The van der Waals surface area contributed by atoms with Gasteiger partial charge in [0.15, 0.2) is 11.5 Å². The summed E-state index contributed by atoms with van der Waals surface area (Å²) in [7, 11) is -3.61. The monoisotopic (exact) mass is 511 g/mol. The molecule has 4 rings (SSSR count). The van der Waals surface area contributed by atoms with Gasteiger partial charge in [0.2, 0.25) is 16.8 Å². The van der Waals surface area contributed by atoms with Crippen LogP contribution < -0.4 is 14.8 Å². The average molecular weight is 512 g/mol. The second-order valence-corrected chi connectivity index (χ2v) is 10.9. The number of benzene rings is 2. The lowest BCUT2D eigenvalue weighted by molar-refractivity contribution is 0.102. The fraction of sp³-hybridized carbons (Fsp3) is 0.280. The predicted molar refractivity (Wildman–Crippen MR) is 134 cm³/mol. The van der Waals surface area contributed by atoms with Gasteiger partial charge in [-0.1, -0.05) is 19.9 Å². The number of hydrogen-bond acceptors (Lipinski definition) is 7. The molecule has 0 fully saturated rings. The van der Waals surface area contributed by atoms with Crippen LogP contribution >= 0.6 is 11.3 Å². The van der Waals surface area contributed by atoms with Gasteiger partial charge in [0.1, 0.15) is 11.1 Å². The Hall–Kier alpha value is -3.39. The highest BCUT2D eigenvalue weighted by Crippen LogP contribution is 2.37. The molecule has 1 aliphatic heterocycles. The molecule has 35 heavy (non-hydrogen) atoms. The van der Waals surface area contributed by atoms with Crippen LogP contribution in [0.5, 0.6) is 11.5 Å². The third-order valence-electron chi connectivity index (χ3n) is 5.85. The van der Waals surface area contributed by atoms with Crippen molar-refractivity contribution in [3.63, 3.8) is 0 Å². The second kappa shape index (κ2) is 10.1. The quantitative estimate of drug-likeness (QED) is 0.476. The molecule has 1 N–H and O–H groups in total. The summed E-state index contributed by atoms with van der Waals surface area (Å²) in [5, 5.41) is 13.0. The van der Waals surface area contributed by atoms with E-state index in [0.29, 0.717) is 47.1 Å². The molecule has 1 amide bonds. The van der Waals surface area contributed by atoms with Crippen molar-refractivity contribution in [1.29, 1.82) is 5.26 Å². The van der Waals surface area contributed by atoms with Gasteiger partial charge in [0.25, 0.3) is 5.91 Å². The van der Waals surface area contributed by atoms with Crippen LogP contribution in [0.4, 0.5) is 5.00 Å². The van der Waals surface area contributed by atoms with E-state index in [1.54, 1.807) is 13.8 Å². The van der Waals surface area contributed by atoms with Crippen LogP contribution in [-0.2, 0) is 16.4 Å². The summed E-state index contributed by atoms with van der Waals surface area (Å²) in [4.78, 5) is 14.0. The Morgan fingerprint density at radius 3 is 2.46 bits per heavy atom. The van der Waals surface area contributed by atoms with Gasteiger partial charge < -0.3 is 14.8 Å². The topological polar surface area (TPSA) is 109 Å². The molecular weight excluding hydrogens is 486 g/mol. The number of thiophene rings is 1.